The van der Waals surface area contributed by atoms with E-state index in [4.69, 9.17) is 15.0 Å². The molecule has 0 saturated heterocycles. The number of esters is 1. The third kappa shape index (κ3) is 5.53. The van der Waals surface area contributed by atoms with Gasteiger partial charge in [0.15, 0.2) is 5.82 Å². The van der Waals surface area contributed by atoms with E-state index in [9.17, 15) is 4.79 Å². The first-order chi connectivity index (χ1) is 11.2. The zero-order valence-electron chi connectivity index (χ0n) is 16.7. The van der Waals surface area contributed by atoms with E-state index in [1.807, 2.05) is 20.8 Å². The quantitative estimate of drug-likeness (QED) is 0.831. The van der Waals surface area contributed by atoms with E-state index < -0.39 is 11.1 Å². The van der Waals surface area contributed by atoms with Crippen LogP contribution in [0.5, 0.6) is 0 Å². The first-order valence-electron chi connectivity index (χ1n) is 9.04. The molecule has 0 atom stereocenters. The number of hydrogen-bond acceptors (Lipinski definition) is 6. The van der Waals surface area contributed by atoms with E-state index in [0.29, 0.717) is 18.1 Å². The van der Waals surface area contributed by atoms with E-state index in [1.165, 1.54) is 0 Å². The number of carbonyl (C=O) groups is 1. The Kier molecular flexibility index (Phi) is 5.08. The summed E-state index contributed by atoms with van der Waals surface area (Å²) in [5.74, 6) is 0.717. The van der Waals surface area contributed by atoms with Crippen LogP contribution in [0.1, 0.15) is 85.9 Å². The highest BCUT2D eigenvalue weighted by molar-refractivity contribution is 5.70. The largest absolute Gasteiger partial charge is 0.460 e. The van der Waals surface area contributed by atoms with Crippen LogP contribution in [0, 0.1) is 10.8 Å². The van der Waals surface area contributed by atoms with Gasteiger partial charge in [0.25, 0.3) is 0 Å². The van der Waals surface area contributed by atoms with Crippen molar-refractivity contribution in [2.45, 2.75) is 91.7 Å². The van der Waals surface area contributed by atoms with Crippen LogP contribution in [0.4, 0.5) is 0 Å². The molecular weight excluding hydrogens is 318 g/mol. The van der Waals surface area contributed by atoms with Gasteiger partial charge in [0.1, 0.15) is 5.60 Å². The summed E-state index contributed by atoms with van der Waals surface area (Å²) in [6.45, 7) is 14.5. The molecule has 0 amide bonds. The molecule has 25 heavy (non-hydrogen) atoms. The van der Waals surface area contributed by atoms with Gasteiger partial charge in [0, 0.05) is 6.42 Å². The van der Waals surface area contributed by atoms with Gasteiger partial charge in [-0.15, -0.1) is 0 Å². The molecule has 0 spiro atoms. The SMILES string of the molecule is CC1(C)CC(C)(C)CC(N)(c2noc(CCC(=O)OC(C)(C)C)n2)C1. The van der Waals surface area contributed by atoms with Crippen LogP contribution in [-0.2, 0) is 21.5 Å². The molecule has 2 N–H and O–H groups in total. The van der Waals surface area contributed by atoms with Gasteiger partial charge in [0.2, 0.25) is 5.89 Å². The summed E-state index contributed by atoms with van der Waals surface area (Å²) in [7, 11) is 0. The minimum Gasteiger partial charge on any atom is -0.460 e. The van der Waals surface area contributed by atoms with Gasteiger partial charge in [-0.25, -0.2) is 0 Å². The van der Waals surface area contributed by atoms with Gasteiger partial charge in [-0.1, -0.05) is 32.9 Å². The van der Waals surface area contributed by atoms with Crippen molar-refractivity contribution in [1.29, 1.82) is 0 Å². The van der Waals surface area contributed by atoms with Crippen LogP contribution in [0.15, 0.2) is 4.52 Å². The van der Waals surface area contributed by atoms with Gasteiger partial charge < -0.3 is 15.0 Å². The molecule has 1 aliphatic carbocycles. The molecular formula is C19H33N3O3. The van der Waals surface area contributed by atoms with E-state index in [0.717, 1.165) is 19.3 Å². The summed E-state index contributed by atoms with van der Waals surface area (Å²) < 4.78 is 10.7. The van der Waals surface area contributed by atoms with Crippen molar-refractivity contribution in [2.75, 3.05) is 0 Å². The molecule has 1 aliphatic rings. The Morgan fingerprint density at radius 2 is 1.72 bits per heavy atom. The van der Waals surface area contributed by atoms with Crippen molar-refractivity contribution in [2.24, 2.45) is 16.6 Å². The van der Waals surface area contributed by atoms with Crippen LogP contribution in [0.25, 0.3) is 0 Å². The predicted octanol–water partition coefficient (Wildman–Crippen LogP) is 3.73. The minimum atomic E-state index is -0.598. The number of nitrogens with two attached hydrogens (primary N) is 1. The van der Waals surface area contributed by atoms with Crippen molar-refractivity contribution in [1.82, 2.24) is 10.1 Å². The first kappa shape index (κ1) is 19.9. The first-order valence-corrected chi connectivity index (χ1v) is 9.04. The van der Waals surface area contributed by atoms with Crippen LogP contribution in [-0.4, -0.2) is 21.7 Å². The lowest BCUT2D eigenvalue weighted by Gasteiger charge is -2.49. The van der Waals surface area contributed by atoms with Crippen molar-refractivity contribution >= 4 is 5.97 Å². The lowest BCUT2D eigenvalue weighted by Crippen LogP contribution is -2.50. The fourth-order valence-corrected chi connectivity index (χ4v) is 4.51. The maximum absolute atomic E-state index is 11.8. The molecule has 1 aromatic rings. The lowest BCUT2D eigenvalue weighted by molar-refractivity contribution is -0.154. The summed E-state index contributed by atoms with van der Waals surface area (Å²) >= 11 is 0. The van der Waals surface area contributed by atoms with E-state index in [1.54, 1.807) is 0 Å². The number of aromatic nitrogens is 2. The minimum absolute atomic E-state index is 0.119. The number of rotatable bonds is 4. The monoisotopic (exact) mass is 351 g/mol. The second-order valence-electron chi connectivity index (χ2n) is 10.1. The Hall–Kier alpha value is -1.43. The normalized spacial score (nSPS) is 21.8. The number of nitrogens with zero attached hydrogens (tertiary/aromatic N) is 2. The van der Waals surface area contributed by atoms with Gasteiger partial charge in [-0.05, 0) is 50.9 Å². The number of hydrogen-bond donors (Lipinski definition) is 1. The molecule has 2 rings (SSSR count). The number of ether oxygens (including phenoxy) is 1. The highest BCUT2D eigenvalue weighted by Crippen LogP contribution is 2.52. The summed E-state index contributed by atoms with van der Waals surface area (Å²) in [6.07, 6.45) is 3.32. The Morgan fingerprint density at radius 1 is 1.16 bits per heavy atom. The van der Waals surface area contributed by atoms with Crippen LogP contribution in [0.2, 0.25) is 0 Å². The Morgan fingerprint density at radius 3 is 2.24 bits per heavy atom. The molecule has 1 heterocycles. The fraction of sp³-hybridized carbons (Fsp3) is 0.842. The van der Waals surface area contributed by atoms with Crippen LogP contribution in [0.3, 0.4) is 0 Å². The van der Waals surface area contributed by atoms with E-state index in [-0.39, 0.29) is 23.2 Å². The molecule has 6 heteroatoms. The maximum Gasteiger partial charge on any atom is 0.306 e. The molecule has 0 aromatic carbocycles. The molecule has 0 radical (unpaired) electrons. The highest BCUT2D eigenvalue weighted by atomic mass is 16.6. The third-order valence-electron chi connectivity index (χ3n) is 4.42. The molecule has 6 nitrogen and oxygen atoms in total. The molecule has 1 aromatic heterocycles. The second-order valence-corrected chi connectivity index (χ2v) is 10.1. The van der Waals surface area contributed by atoms with Crippen molar-refractivity contribution in [3.63, 3.8) is 0 Å². The average Bonchev–Trinajstić information content (AvgIpc) is 2.79. The standard InChI is InChI=1S/C19H33N3O3/c1-16(2,3)24-14(23)9-8-13-21-15(22-25-13)19(20)11-17(4,5)10-18(6,7)12-19/h8-12,20H2,1-7H3. The van der Waals surface area contributed by atoms with E-state index >= 15 is 0 Å². The van der Waals surface area contributed by atoms with Crippen LogP contribution < -0.4 is 5.73 Å². The number of aryl methyl sites for hydroxylation is 1. The van der Waals surface area contributed by atoms with Crippen molar-refractivity contribution < 1.29 is 14.1 Å². The summed E-state index contributed by atoms with van der Waals surface area (Å²) in [5.41, 5.74) is 5.86. The summed E-state index contributed by atoms with van der Waals surface area (Å²) in [6, 6.07) is 0. The predicted molar refractivity (Wildman–Crippen MR) is 95.7 cm³/mol. The lowest BCUT2D eigenvalue weighted by atomic mass is 9.58. The average molecular weight is 351 g/mol. The second kappa shape index (κ2) is 6.38. The Bertz CT molecular complexity index is 610. The van der Waals surface area contributed by atoms with Crippen molar-refractivity contribution in [3.05, 3.63) is 11.7 Å². The summed E-state index contributed by atoms with van der Waals surface area (Å²) in [4.78, 5) is 16.3. The molecule has 142 valence electrons. The van der Waals surface area contributed by atoms with E-state index in [2.05, 4.69) is 37.8 Å². The highest BCUT2D eigenvalue weighted by Gasteiger charge is 2.48. The summed E-state index contributed by atoms with van der Waals surface area (Å²) in [5, 5.41) is 4.13. The molecule has 0 unspecified atom stereocenters. The number of carbonyl (C=O) groups excluding carboxylic acids is 1. The fourth-order valence-electron chi connectivity index (χ4n) is 4.51. The Balaban J connectivity index is 2.06. The van der Waals surface area contributed by atoms with Gasteiger partial charge in [0.05, 0.1) is 12.0 Å². The Labute approximate surface area is 150 Å². The molecule has 1 saturated carbocycles. The van der Waals surface area contributed by atoms with Crippen molar-refractivity contribution in [3.8, 4) is 0 Å². The molecule has 0 bridgehead atoms. The van der Waals surface area contributed by atoms with Crippen LogP contribution >= 0.6 is 0 Å². The zero-order valence-corrected chi connectivity index (χ0v) is 16.7. The topological polar surface area (TPSA) is 91.2 Å². The smallest absolute Gasteiger partial charge is 0.306 e. The van der Waals surface area contributed by atoms with Gasteiger partial charge >= 0.3 is 5.97 Å². The maximum atomic E-state index is 11.8. The third-order valence-corrected chi connectivity index (χ3v) is 4.42. The zero-order chi connectivity index (χ0) is 19.1. The molecule has 0 aliphatic heterocycles. The molecule has 1 fully saturated rings. The van der Waals surface area contributed by atoms with Gasteiger partial charge in [-0.2, -0.15) is 4.98 Å². The van der Waals surface area contributed by atoms with Gasteiger partial charge in [-0.3, -0.25) is 4.79 Å².